The zero-order valence-corrected chi connectivity index (χ0v) is 25.5. The van der Waals surface area contributed by atoms with Gasteiger partial charge in [0.05, 0.1) is 0 Å². The maximum atomic E-state index is 2.53. The van der Waals surface area contributed by atoms with Crippen LogP contribution in [0.25, 0.3) is 43.4 Å². The minimum absolute atomic E-state index is 0.174. The van der Waals surface area contributed by atoms with Crippen molar-refractivity contribution >= 4 is 54.1 Å². The van der Waals surface area contributed by atoms with Gasteiger partial charge in [-0.1, -0.05) is 96.1 Å². The lowest BCUT2D eigenvalue weighted by Crippen LogP contribution is -2.23. The van der Waals surface area contributed by atoms with Gasteiger partial charge in [0.1, 0.15) is 0 Å². The van der Waals surface area contributed by atoms with Crippen molar-refractivity contribution in [2.45, 2.75) is 67.8 Å². The summed E-state index contributed by atoms with van der Waals surface area (Å²) in [6, 6.07) is 30.0. The van der Waals surface area contributed by atoms with Gasteiger partial charge in [0.2, 0.25) is 0 Å². The molecule has 0 saturated heterocycles. The molecule has 192 valence electrons. The van der Waals surface area contributed by atoms with Gasteiger partial charge in [-0.2, -0.15) is 0 Å². The Bertz CT molecular complexity index is 1640. The van der Waals surface area contributed by atoms with Crippen LogP contribution >= 0.6 is 21.8 Å². The molecular weight excluding hydrogens is 485 g/mol. The molecule has 0 unspecified atom stereocenters. The summed E-state index contributed by atoms with van der Waals surface area (Å²) in [6.07, 6.45) is 4.94. The van der Waals surface area contributed by atoms with E-state index in [2.05, 4.69) is 140 Å². The molecule has 37 heavy (non-hydrogen) atoms. The third-order valence-electron chi connectivity index (χ3n) is 7.93. The Balaban J connectivity index is 1.93. The van der Waals surface area contributed by atoms with Crippen LogP contribution < -0.4 is 0 Å². The molecule has 2 heteroatoms. The summed E-state index contributed by atoms with van der Waals surface area (Å²) < 4.78 is 0.401. The SMILES string of the molecule is Cc1c2cc(SC(C)(C)C)ccc2c(-c2cccc3ccccc23)c2cc(S(C)(C)C(C)(C)C)ccc12. The maximum Gasteiger partial charge on any atom is 0.0122 e. The molecule has 0 aromatic heterocycles. The van der Waals surface area contributed by atoms with Crippen LogP contribution in [0, 0.1) is 6.92 Å². The molecule has 0 radical (unpaired) electrons. The van der Waals surface area contributed by atoms with Crippen LogP contribution in [-0.2, 0) is 0 Å². The summed E-state index contributed by atoms with van der Waals surface area (Å²) in [4.78, 5) is 2.81. The highest BCUT2D eigenvalue weighted by Crippen LogP contribution is 2.60. The predicted molar refractivity (Wildman–Crippen MR) is 172 cm³/mol. The molecule has 0 aliphatic heterocycles. The van der Waals surface area contributed by atoms with E-state index in [1.807, 2.05) is 11.8 Å². The van der Waals surface area contributed by atoms with Crippen molar-refractivity contribution in [3.05, 3.63) is 84.4 Å². The minimum atomic E-state index is -1.01. The van der Waals surface area contributed by atoms with E-state index in [9.17, 15) is 0 Å². The second kappa shape index (κ2) is 9.10. The van der Waals surface area contributed by atoms with Crippen molar-refractivity contribution in [3.63, 3.8) is 0 Å². The first-order chi connectivity index (χ1) is 17.3. The molecular formula is C35H40S2. The second-order valence-corrected chi connectivity index (χ2v) is 18.8. The van der Waals surface area contributed by atoms with Crippen LogP contribution in [0.2, 0.25) is 0 Å². The molecule has 0 aliphatic carbocycles. The molecule has 0 nitrogen and oxygen atoms in total. The first-order valence-electron chi connectivity index (χ1n) is 13.2. The molecule has 0 bridgehead atoms. The van der Waals surface area contributed by atoms with Gasteiger partial charge in [-0.3, -0.25) is 0 Å². The van der Waals surface area contributed by atoms with Crippen LogP contribution in [0.5, 0.6) is 0 Å². The second-order valence-electron chi connectivity index (χ2n) is 12.6. The van der Waals surface area contributed by atoms with E-state index in [4.69, 9.17) is 0 Å². The molecule has 5 aromatic rings. The predicted octanol–water partition coefficient (Wildman–Crippen LogP) is 11.2. The van der Waals surface area contributed by atoms with Crippen molar-refractivity contribution in [1.29, 1.82) is 0 Å². The van der Waals surface area contributed by atoms with Crippen LogP contribution in [0.1, 0.15) is 47.1 Å². The minimum Gasteiger partial charge on any atom is -0.215 e. The van der Waals surface area contributed by atoms with Gasteiger partial charge >= 0.3 is 0 Å². The fourth-order valence-electron chi connectivity index (χ4n) is 5.22. The zero-order valence-electron chi connectivity index (χ0n) is 23.8. The van der Waals surface area contributed by atoms with Gasteiger partial charge in [-0.15, -0.1) is 11.8 Å². The van der Waals surface area contributed by atoms with E-state index in [0.29, 0.717) is 0 Å². The lowest BCUT2D eigenvalue weighted by molar-refractivity contribution is 0.787. The number of fused-ring (bicyclic) bond motifs is 3. The molecule has 0 amide bonds. The van der Waals surface area contributed by atoms with Crippen molar-refractivity contribution in [2.24, 2.45) is 0 Å². The normalized spacial score (nSPS) is 13.5. The Labute approximate surface area is 229 Å². The number of thioether (sulfide) groups is 1. The van der Waals surface area contributed by atoms with Gasteiger partial charge < -0.3 is 0 Å². The topological polar surface area (TPSA) is 0 Å². The quantitative estimate of drug-likeness (QED) is 0.167. The Morgan fingerprint density at radius 2 is 1.30 bits per heavy atom. The Hall–Kier alpha value is -2.42. The first-order valence-corrected chi connectivity index (χ1v) is 16.4. The van der Waals surface area contributed by atoms with Crippen molar-refractivity contribution < 1.29 is 0 Å². The van der Waals surface area contributed by atoms with Gasteiger partial charge in [0.15, 0.2) is 0 Å². The molecule has 0 N–H and O–H groups in total. The van der Waals surface area contributed by atoms with Crippen molar-refractivity contribution in [1.82, 2.24) is 0 Å². The van der Waals surface area contributed by atoms with Gasteiger partial charge in [-0.05, 0) is 102 Å². The summed E-state index contributed by atoms with van der Waals surface area (Å²) in [5, 5.41) is 8.05. The maximum absolute atomic E-state index is 2.53. The summed E-state index contributed by atoms with van der Waals surface area (Å²) >= 11 is 1.95. The van der Waals surface area contributed by atoms with E-state index in [1.54, 1.807) is 0 Å². The highest BCUT2D eigenvalue weighted by Gasteiger charge is 2.30. The lowest BCUT2D eigenvalue weighted by atomic mass is 9.87. The van der Waals surface area contributed by atoms with Crippen molar-refractivity contribution in [3.8, 4) is 11.1 Å². The molecule has 0 aliphatic rings. The van der Waals surface area contributed by atoms with E-state index in [-0.39, 0.29) is 9.49 Å². The van der Waals surface area contributed by atoms with Gasteiger partial charge in [0, 0.05) is 9.64 Å². The van der Waals surface area contributed by atoms with Crippen molar-refractivity contribution in [2.75, 3.05) is 12.5 Å². The van der Waals surface area contributed by atoms with Gasteiger partial charge in [-0.25, -0.2) is 10.0 Å². The first kappa shape index (κ1) is 26.2. The van der Waals surface area contributed by atoms with E-state index in [1.165, 1.54) is 58.8 Å². The third kappa shape index (κ3) is 4.68. The molecule has 0 heterocycles. The lowest BCUT2D eigenvalue weighted by Gasteiger charge is -2.45. The zero-order chi connectivity index (χ0) is 26.8. The number of hydrogen-bond acceptors (Lipinski definition) is 1. The fraction of sp³-hybridized carbons (Fsp3) is 0.314. The smallest absolute Gasteiger partial charge is 0.0122 e. The number of benzene rings is 5. The van der Waals surface area contributed by atoms with E-state index in [0.717, 1.165) is 0 Å². The Morgan fingerprint density at radius 3 is 2.00 bits per heavy atom. The number of hydrogen-bond donors (Lipinski definition) is 0. The van der Waals surface area contributed by atoms with E-state index >= 15 is 0 Å². The average molecular weight is 525 g/mol. The average Bonchev–Trinajstić information content (AvgIpc) is 2.82. The summed E-state index contributed by atoms with van der Waals surface area (Å²) in [5.41, 5.74) is 4.07. The fourth-order valence-corrected chi connectivity index (χ4v) is 7.77. The Kier molecular flexibility index (Phi) is 6.44. The monoisotopic (exact) mass is 524 g/mol. The van der Waals surface area contributed by atoms with Crippen LogP contribution in [-0.4, -0.2) is 22.0 Å². The number of aryl methyl sites for hydroxylation is 1. The van der Waals surface area contributed by atoms with E-state index < -0.39 is 10.0 Å². The molecule has 0 atom stereocenters. The molecule has 0 saturated carbocycles. The molecule has 0 spiro atoms. The summed E-state index contributed by atoms with van der Waals surface area (Å²) in [6.45, 7) is 16.3. The molecule has 5 rings (SSSR count). The van der Waals surface area contributed by atoms with Gasteiger partial charge in [0.25, 0.3) is 0 Å². The Morgan fingerprint density at radius 1 is 0.622 bits per heavy atom. The largest absolute Gasteiger partial charge is 0.215 e. The molecule has 5 aromatic carbocycles. The summed E-state index contributed by atoms with van der Waals surface area (Å²) in [7, 11) is -1.01. The standard InChI is InChI=1S/C35H40S2/c1-23-27-20-18-26(37(8,9)35(5,6)7)22-32(27)33(29-16-12-14-24-13-10-11-15-28(24)29)30-19-17-25(21-31(23)30)36-34(2,3)4/h10-22H,1-9H3. The van der Waals surface area contributed by atoms with Crippen LogP contribution in [0.3, 0.4) is 0 Å². The highest BCUT2D eigenvalue weighted by molar-refractivity contribution is 8.33. The summed E-state index contributed by atoms with van der Waals surface area (Å²) in [5.74, 6) is 0. The third-order valence-corrected chi connectivity index (χ3v) is 13.5. The number of rotatable bonds is 3. The highest BCUT2D eigenvalue weighted by atomic mass is 32.3. The van der Waals surface area contributed by atoms with Crippen LogP contribution in [0.15, 0.2) is 88.7 Å². The van der Waals surface area contributed by atoms with Crippen LogP contribution in [0.4, 0.5) is 0 Å². The molecule has 0 fully saturated rings.